The molecule has 4 rings (SSSR count). The van der Waals surface area contributed by atoms with Gasteiger partial charge in [-0.3, -0.25) is 15.0 Å². The number of nitrogens with one attached hydrogen (secondary N) is 2. The Balaban J connectivity index is 1.44. The van der Waals surface area contributed by atoms with Gasteiger partial charge in [0.1, 0.15) is 0 Å². The van der Waals surface area contributed by atoms with Gasteiger partial charge in [0.25, 0.3) is 0 Å². The number of benzene rings is 1. The number of amides is 3. The van der Waals surface area contributed by atoms with Gasteiger partial charge in [0, 0.05) is 17.5 Å². The quantitative estimate of drug-likeness (QED) is 0.850. The van der Waals surface area contributed by atoms with E-state index in [0.29, 0.717) is 0 Å². The van der Waals surface area contributed by atoms with Crippen molar-refractivity contribution in [1.82, 2.24) is 15.5 Å². The lowest BCUT2D eigenvalue weighted by Gasteiger charge is -2.35. The van der Waals surface area contributed by atoms with Gasteiger partial charge in [-0.15, -0.1) is 11.3 Å². The molecule has 1 aromatic carbocycles. The number of carbonyl (C=O) groups excluding carboxylic acids is 2. The van der Waals surface area contributed by atoms with Gasteiger partial charge in [-0.2, -0.15) is 0 Å². The van der Waals surface area contributed by atoms with Gasteiger partial charge in [-0.1, -0.05) is 43.2 Å². The van der Waals surface area contributed by atoms with Crippen LogP contribution in [0, 0.1) is 0 Å². The molecule has 3 amide bonds. The van der Waals surface area contributed by atoms with Crippen molar-refractivity contribution in [3.8, 4) is 0 Å². The Bertz CT molecular complexity index is 799. The molecular weight excluding hydrogens is 358 g/mol. The molecular formula is C21H25N3O2S. The summed E-state index contributed by atoms with van der Waals surface area (Å²) in [6.45, 7) is 1.03. The van der Waals surface area contributed by atoms with Crippen LogP contribution in [0.3, 0.4) is 0 Å². The highest BCUT2D eigenvalue weighted by atomic mass is 32.1. The normalized spacial score (nSPS) is 20.2. The topological polar surface area (TPSA) is 61.4 Å². The number of urea groups is 1. The van der Waals surface area contributed by atoms with Crippen molar-refractivity contribution in [2.45, 2.75) is 44.2 Å². The Hall–Kier alpha value is -2.18. The van der Waals surface area contributed by atoms with E-state index in [-0.39, 0.29) is 30.6 Å². The molecule has 0 bridgehead atoms. The van der Waals surface area contributed by atoms with Crippen molar-refractivity contribution in [2.24, 2.45) is 0 Å². The van der Waals surface area contributed by atoms with Crippen LogP contribution in [0.25, 0.3) is 0 Å². The monoisotopic (exact) mass is 383 g/mol. The van der Waals surface area contributed by atoms with Gasteiger partial charge in [-0.05, 0) is 41.8 Å². The summed E-state index contributed by atoms with van der Waals surface area (Å²) >= 11 is 1.78. The van der Waals surface area contributed by atoms with Crippen LogP contribution in [0.1, 0.15) is 47.7 Å². The van der Waals surface area contributed by atoms with Crippen LogP contribution in [0.5, 0.6) is 0 Å². The van der Waals surface area contributed by atoms with Gasteiger partial charge in [0.2, 0.25) is 5.91 Å². The number of nitrogens with zero attached hydrogens (tertiary/aromatic N) is 1. The number of imide groups is 1. The van der Waals surface area contributed by atoms with Gasteiger partial charge >= 0.3 is 6.03 Å². The van der Waals surface area contributed by atoms with E-state index in [9.17, 15) is 9.59 Å². The first-order valence-electron chi connectivity index (χ1n) is 9.66. The number of carbonyl (C=O) groups is 2. The third-order valence-corrected chi connectivity index (χ3v) is 6.47. The molecule has 6 heteroatoms. The highest BCUT2D eigenvalue weighted by Crippen LogP contribution is 2.37. The largest absolute Gasteiger partial charge is 0.335 e. The fourth-order valence-electron chi connectivity index (χ4n) is 4.21. The third-order valence-electron chi connectivity index (χ3n) is 5.47. The van der Waals surface area contributed by atoms with E-state index < -0.39 is 0 Å². The smallest absolute Gasteiger partial charge is 0.321 e. The van der Waals surface area contributed by atoms with Crippen LogP contribution >= 0.6 is 11.3 Å². The number of hydrogen-bond donors (Lipinski definition) is 2. The Morgan fingerprint density at radius 1 is 1.11 bits per heavy atom. The SMILES string of the molecule is O=C(CN1CCc2sccc2[C@@H]1c1ccccc1)NC(=O)NC1CCCC1. The molecule has 0 spiro atoms. The zero-order valence-electron chi connectivity index (χ0n) is 15.3. The zero-order chi connectivity index (χ0) is 18.6. The average Bonchev–Trinajstić information content (AvgIpc) is 3.33. The van der Waals surface area contributed by atoms with Crippen molar-refractivity contribution in [3.63, 3.8) is 0 Å². The summed E-state index contributed by atoms with van der Waals surface area (Å²) in [5, 5.41) is 7.55. The van der Waals surface area contributed by atoms with Crippen molar-refractivity contribution < 1.29 is 9.59 Å². The van der Waals surface area contributed by atoms with Crippen LogP contribution < -0.4 is 10.6 Å². The van der Waals surface area contributed by atoms with Crippen LogP contribution in [-0.4, -0.2) is 36.0 Å². The van der Waals surface area contributed by atoms with Crippen LogP contribution in [-0.2, 0) is 11.2 Å². The second kappa shape index (κ2) is 8.23. The second-order valence-electron chi connectivity index (χ2n) is 7.34. The summed E-state index contributed by atoms with van der Waals surface area (Å²) in [7, 11) is 0. The molecule has 0 saturated heterocycles. The lowest BCUT2D eigenvalue weighted by atomic mass is 9.93. The van der Waals surface area contributed by atoms with E-state index in [1.54, 1.807) is 11.3 Å². The standard InChI is InChI=1S/C21H25N3O2S/c25-19(23-21(26)22-16-8-4-5-9-16)14-24-12-10-18-17(11-13-27-18)20(24)15-6-2-1-3-7-15/h1-3,6-7,11,13,16,20H,4-5,8-10,12,14H2,(H2,22,23,25,26)/t20-/m0/s1. The highest BCUT2D eigenvalue weighted by Gasteiger charge is 2.31. The summed E-state index contributed by atoms with van der Waals surface area (Å²) in [6.07, 6.45) is 5.25. The molecule has 27 heavy (non-hydrogen) atoms. The van der Waals surface area contributed by atoms with E-state index in [4.69, 9.17) is 0 Å². The molecule has 2 N–H and O–H groups in total. The Morgan fingerprint density at radius 2 is 1.89 bits per heavy atom. The van der Waals surface area contributed by atoms with Crippen molar-refractivity contribution >= 4 is 23.3 Å². The minimum Gasteiger partial charge on any atom is -0.335 e. The molecule has 1 aromatic heterocycles. The van der Waals surface area contributed by atoms with E-state index in [1.165, 1.54) is 16.0 Å². The second-order valence-corrected chi connectivity index (χ2v) is 8.34. The molecule has 142 valence electrons. The Kier molecular flexibility index (Phi) is 5.55. The van der Waals surface area contributed by atoms with E-state index in [0.717, 1.165) is 38.6 Å². The first-order chi connectivity index (χ1) is 13.2. The highest BCUT2D eigenvalue weighted by molar-refractivity contribution is 7.10. The van der Waals surface area contributed by atoms with Crippen molar-refractivity contribution in [3.05, 3.63) is 57.8 Å². The van der Waals surface area contributed by atoms with Gasteiger partial charge in [0.05, 0.1) is 12.6 Å². The van der Waals surface area contributed by atoms with Gasteiger partial charge < -0.3 is 5.32 Å². The maximum atomic E-state index is 12.5. The molecule has 1 aliphatic carbocycles. The van der Waals surface area contributed by atoms with Gasteiger partial charge in [-0.25, -0.2) is 4.79 Å². The van der Waals surface area contributed by atoms with E-state index >= 15 is 0 Å². The Morgan fingerprint density at radius 3 is 2.67 bits per heavy atom. The van der Waals surface area contributed by atoms with Crippen LogP contribution in [0.15, 0.2) is 41.8 Å². The van der Waals surface area contributed by atoms with Crippen LogP contribution in [0.4, 0.5) is 4.79 Å². The molecule has 1 aliphatic heterocycles. The Labute approximate surface area is 163 Å². The third kappa shape index (κ3) is 4.22. The fourth-order valence-corrected chi connectivity index (χ4v) is 5.11. The first-order valence-corrected chi connectivity index (χ1v) is 10.5. The first kappa shape index (κ1) is 18.2. The fraction of sp³-hybridized carbons (Fsp3) is 0.429. The van der Waals surface area contributed by atoms with Crippen molar-refractivity contribution in [1.29, 1.82) is 0 Å². The summed E-state index contributed by atoms with van der Waals surface area (Å²) in [5.74, 6) is -0.245. The summed E-state index contributed by atoms with van der Waals surface area (Å²) in [6, 6.07) is 12.3. The molecule has 0 unspecified atom stereocenters. The number of hydrogen-bond acceptors (Lipinski definition) is 4. The zero-order valence-corrected chi connectivity index (χ0v) is 16.1. The number of fused-ring (bicyclic) bond motifs is 1. The molecule has 1 fully saturated rings. The molecule has 2 heterocycles. The number of rotatable bonds is 4. The molecule has 1 saturated carbocycles. The molecule has 0 radical (unpaired) electrons. The summed E-state index contributed by atoms with van der Waals surface area (Å²) in [4.78, 5) is 28.2. The van der Waals surface area contributed by atoms with Crippen LogP contribution in [0.2, 0.25) is 0 Å². The molecule has 2 aliphatic rings. The lowest BCUT2D eigenvalue weighted by molar-refractivity contribution is -0.121. The maximum absolute atomic E-state index is 12.5. The predicted octanol–water partition coefficient (Wildman–Crippen LogP) is 3.46. The molecule has 1 atom stereocenters. The van der Waals surface area contributed by atoms with E-state index in [1.807, 2.05) is 18.2 Å². The summed E-state index contributed by atoms with van der Waals surface area (Å²) in [5.41, 5.74) is 2.46. The van der Waals surface area contributed by atoms with E-state index in [2.05, 4.69) is 39.1 Å². The average molecular weight is 384 g/mol. The van der Waals surface area contributed by atoms with Gasteiger partial charge in [0.15, 0.2) is 0 Å². The number of thiophene rings is 1. The predicted molar refractivity (Wildman–Crippen MR) is 107 cm³/mol. The minimum absolute atomic E-state index is 0.0600. The lowest BCUT2D eigenvalue weighted by Crippen LogP contribution is -2.48. The summed E-state index contributed by atoms with van der Waals surface area (Å²) < 4.78 is 0. The maximum Gasteiger partial charge on any atom is 0.321 e. The molecule has 2 aromatic rings. The van der Waals surface area contributed by atoms with Crippen molar-refractivity contribution in [2.75, 3.05) is 13.1 Å². The minimum atomic E-state index is -0.364. The molecule has 5 nitrogen and oxygen atoms in total.